The molecule has 1 rings (SSSR count). The standard InChI is InChI=1S/C5H7N2OS/c1-5(9-8)7-3-2-6-4-7/h2-5H,1H3/q+1. The summed E-state index contributed by atoms with van der Waals surface area (Å²) in [5, 5.41) is -0.0486. The minimum Gasteiger partial charge on any atom is -0.280 e. The van der Waals surface area contributed by atoms with Gasteiger partial charge in [0, 0.05) is 23.5 Å². The van der Waals surface area contributed by atoms with Crippen LogP contribution in [0.5, 0.6) is 0 Å². The molecule has 0 spiro atoms. The van der Waals surface area contributed by atoms with Crippen LogP contribution in [-0.2, 0) is 15.9 Å². The van der Waals surface area contributed by atoms with Gasteiger partial charge in [0.15, 0.2) is 0 Å². The number of hydrogen-bond donors (Lipinski definition) is 0. The van der Waals surface area contributed by atoms with E-state index in [-0.39, 0.29) is 5.37 Å². The van der Waals surface area contributed by atoms with Crippen molar-refractivity contribution in [1.82, 2.24) is 9.55 Å². The van der Waals surface area contributed by atoms with Gasteiger partial charge in [0.25, 0.3) is 0 Å². The van der Waals surface area contributed by atoms with E-state index < -0.39 is 0 Å². The lowest BCUT2D eigenvalue weighted by molar-refractivity contribution is 0.586. The largest absolute Gasteiger partial charge is 0.485 e. The Morgan fingerprint density at radius 2 is 2.56 bits per heavy atom. The molecule has 1 unspecified atom stereocenters. The molecule has 0 saturated heterocycles. The summed E-state index contributed by atoms with van der Waals surface area (Å²) in [5.41, 5.74) is 0. The van der Waals surface area contributed by atoms with E-state index in [4.69, 9.17) is 0 Å². The number of hydrogen-bond acceptors (Lipinski definition) is 2. The Balaban J connectivity index is 2.76. The fourth-order valence-corrected chi connectivity index (χ4v) is 0.758. The molecule has 0 radical (unpaired) electrons. The number of rotatable bonds is 2. The molecule has 0 N–H and O–H groups in total. The van der Waals surface area contributed by atoms with Crippen LogP contribution in [0.3, 0.4) is 0 Å². The molecule has 1 heterocycles. The fourth-order valence-electron chi connectivity index (χ4n) is 0.534. The number of nitrogens with zero attached hydrogens (tertiary/aromatic N) is 2. The van der Waals surface area contributed by atoms with Crippen LogP contribution in [-0.4, -0.2) is 9.55 Å². The Labute approximate surface area is 57.2 Å². The van der Waals surface area contributed by atoms with Crippen molar-refractivity contribution in [2.45, 2.75) is 12.3 Å². The summed E-state index contributed by atoms with van der Waals surface area (Å²) in [6.07, 6.45) is 5.07. The van der Waals surface area contributed by atoms with Crippen molar-refractivity contribution in [3.05, 3.63) is 18.7 Å². The van der Waals surface area contributed by atoms with Gasteiger partial charge in [-0.15, -0.1) is 0 Å². The first-order chi connectivity index (χ1) is 4.34. The Hall–Kier alpha value is -0.770. The summed E-state index contributed by atoms with van der Waals surface area (Å²) in [4.78, 5) is 3.80. The average Bonchev–Trinajstić information content (AvgIpc) is 2.37. The van der Waals surface area contributed by atoms with Crippen molar-refractivity contribution < 1.29 is 4.21 Å². The van der Waals surface area contributed by atoms with Crippen molar-refractivity contribution in [3.8, 4) is 0 Å². The van der Waals surface area contributed by atoms with E-state index in [2.05, 4.69) is 4.98 Å². The second kappa shape index (κ2) is 2.68. The van der Waals surface area contributed by atoms with Crippen LogP contribution in [0.1, 0.15) is 12.3 Å². The molecule has 4 heteroatoms. The van der Waals surface area contributed by atoms with Crippen LogP contribution in [0.15, 0.2) is 18.7 Å². The van der Waals surface area contributed by atoms with Gasteiger partial charge in [0.1, 0.15) is 0 Å². The van der Waals surface area contributed by atoms with Gasteiger partial charge in [0.2, 0.25) is 0 Å². The summed E-state index contributed by atoms with van der Waals surface area (Å²) in [5.74, 6) is 0. The summed E-state index contributed by atoms with van der Waals surface area (Å²) >= 11 is 0.555. The topological polar surface area (TPSA) is 34.9 Å². The first kappa shape index (κ1) is 6.35. The van der Waals surface area contributed by atoms with Crippen molar-refractivity contribution in [2.24, 2.45) is 0 Å². The maximum Gasteiger partial charge on any atom is 0.485 e. The summed E-state index contributed by atoms with van der Waals surface area (Å²) in [6.45, 7) is 1.83. The van der Waals surface area contributed by atoms with Gasteiger partial charge in [-0.25, -0.2) is 4.98 Å². The zero-order valence-electron chi connectivity index (χ0n) is 5.02. The molecule has 0 aliphatic rings. The van der Waals surface area contributed by atoms with Crippen LogP contribution in [0.4, 0.5) is 0 Å². The third kappa shape index (κ3) is 1.32. The second-order valence-electron chi connectivity index (χ2n) is 1.71. The highest BCUT2D eigenvalue weighted by atomic mass is 32.1. The normalized spacial score (nSPS) is 13.0. The van der Waals surface area contributed by atoms with Gasteiger partial charge < -0.3 is 0 Å². The van der Waals surface area contributed by atoms with E-state index in [0.29, 0.717) is 11.7 Å². The van der Waals surface area contributed by atoms with Crippen LogP contribution < -0.4 is 0 Å². The molecule has 1 atom stereocenters. The van der Waals surface area contributed by atoms with E-state index >= 15 is 0 Å². The summed E-state index contributed by atoms with van der Waals surface area (Å²) in [7, 11) is 0. The lowest BCUT2D eigenvalue weighted by atomic mass is 10.7. The molecule has 0 aromatic carbocycles. The third-order valence-corrected chi connectivity index (χ3v) is 1.61. The molecule has 0 amide bonds. The molecular formula is C5H7N2OS+. The van der Waals surface area contributed by atoms with Gasteiger partial charge in [-0.3, -0.25) is 4.57 Å². The molecule has 0 saturated carbocycles. The predicted octanol–water partition coefficient (Wildman–Crippen LogP) is 0.830. The maximum atomic E-state index is 10.2. The molecule has 0 fully saturated rings. The Bertz CT molecular complexity index is 185. The Morgan fingerprint density at radius 1 is 1.78 bits per heavy atom. The van der Waals surface area contributed by atoms with E-state index in [9.17, 15) is 4.21 Å². The molecule has 0 bridgehead atoms. The van der Waals surface area contributed by atoms with E-state index in [0.717, 1.165) is 0 Å². The minimum atomic E-state index is -0.0486. The zero-order chi connectivity index (χ0) is 6.69. The highest BCUT2D eigenvalue weighted by Crippen LogP contribution is 2.00. The van der Waals surface area contributed by atoms with Gasteiger partial charge >= 0.3 is 17.0 Å². The quantitative estimate of drug-likeness (QED) is 0.575. The zero-order valence-corrected chi connectivity index (χ0v) is 5.84. The van der Waals surface area contributed by atoms with Crippen LogP contribution in [0.25, 0.3) is 0 Å². The fraction of sp³-hybridized carbons (Fsp3) is 0.400. The van der Waals surface area contributed by atoms with Crippen molar-refractivity contribution >= 4 is 11.7 Å². The molecule has 9 heavy (non-hydrogen) atoms. The Kier molecular flexibility index (Phi) is 1.89. The monoisotopic (exact) mass is 143 g/mol. The van der Waals surface area contributed by atoms with Gasteiger partial charge in [-0.05, 0) is 0 Å². The highest BCUT2D eigenvalue weighted by molar-refractivity contribution is 7.65. The molecule has 0 aliphatic heterocycles. The number of aromatic nitrogens is 2. The first-order valence-electron chi connectivity index (χ1n) is 2.60. The predicted molar refractivity (Wildman–Crippen MR) is 35.0 cm³/mol. The molecule has 1 aromatic heterocycles. The first-order valence-corrected chi connectivity index (χ1v) is 3.41. The van der Waals surface area contributed by atoms with Crippen molar-refractivity contribution in [3.63, 3.8) is 0 Å². The lowest BCUT2D eigenvalue weighted by Crippen LogP contribution is -1.98. The summed E-state index contributed by atoms with van der Waals surface area (Å²) < 4.78 is 12.0. The lowest BCUT2D eigenvalue weighted by Gasteiger charge is -1.89. The molecule has 0 aliphatic carbocycles. The smallest absolute Gasteiger partial charge is 0.280 e. The Morgan fingerprint density at radius 3 is 3.00 bits per heavy atom. The van der Waals surface area contributed by atoms with Crippen LogP contribution in [0.2, 0.25) is 0 Å². The second-order valence-corrected chi connectivity index (χ2v) is 2.58. The van der Waals surface area contributed by atoms with Crippen molar-refractivity contribution in [2.75, 3.05) is 0 Å². The third-order valence-electron chi connectivity index (χ3n) is 1.08. The molecule has 3 nitrogen and oxygen atoms in total. The highest BCUT2D eigenvalue weighted by Gasteiger charge is 2.13. The van der Waals surface area contributed by atoms with Crippen LogP contribution >= 0.6 is 0 Å². The molecule has 1 aromatic rings. The average molecular weight is 143 g/mol. The molecular weight excluding hydrogens is 136 g/mol. The summed E-state index contributed by atoms with van der Waals surface area (Å²) in [6, 6.07) is 0. The van der Waals surface area contributed by atoms with E-state index in [1.54, 1.807) is 23.3 Å². The van der Waals surface area contributed by atoms with Crippen LogP contribution in [0, 0.1) is 0 Å². The van der Waals surface area contributed by atoms with E-state index in [1.807, 2.05) is 6.92 Å². The van der Waals surface area contributed by atoms with Gasteiger partial charge in [-0.2, -0.15) is 0 Å². The molecule has 48 valence electrons. The van der Waals surface area contributed by atoms with Gasteiger partial charge in [0.05, 0.1) is 6.33 Å². The minimum absolute atomic E-state index is 0.0486. The SMILES string of the molecule is CC([S+]=O)n1ccnc1. The van der Waals surface area contributed by atoms with Crippen molar-refractivity contribution in [1.29, 1.82) is 0 Å². The number of imidazole rings is 1. The van der Waals surface area contributed by atoms with Gasteiger partial charge in [-0.1, -0.05) is 0 Å². The maximum absolute atomic E-state index is 10.2. The van der Waals surface area contributed by atoms with E-state index in [1.165, 1.54) is 0 Å².